The Kier molecular flexibility index (Phi) is 6.39. The Balaban J connectivity index is 1.90. The van der Waals surface area contributed by atoms with Crippen LogP contribution in [0.15, 0.2) is 60.7 Å². The summed E-state index contributed by atoms with van der Waals surface area (Å²) in [7, 11) is 1.70. The van der Waals surface area contributed by atoms with Crippen molar-refractivity contribution in [2.24, 2.45) is 0 Å². The van der Waals surface area contributed by atoms with Gasteiger partial charge in [0.15, 0.2) is 0 Å². The fraction of sp³-hybridized carbons (Fsp3) is 0.130. The number of phenolic OH excluding ortho intramolecular Hbond substituents is 1. The van der Waals surface area contributed by atoms with Crippen LogP contribution in [0.2, 0.25) is 5.02 Å². The Bertz CT molecular complexity index is 1030. The van der Waals surface area contributed by atoms with Crippen molar-refractivity contribution in [3.8, 4) is 16.9 Å². The first-order chi connectivity index (χ1) is 13.9. The lowest BCUT2D eigenvalue weighted by atomic mass is 10.0. The predicted molar refractivity (Wildman–Crippen MR) is 116 cm³/mol. The number of allylic oxidation sites excluding steroid dienone is 1. The predicted octanol–water partition coefficient (Wildman–Crippen LogP) is 6.90. The number of hydrogen-bond donors (Lipinski definition) is 3. The minimum absolute atomic E-state index is 0.0888. The Morgan fingerprint density at radius 1 is 1.07 bits per heavy atom. The summed E-state index contributed by atoms with van der Waals surface area (Å²) in [4.78, 5) is 0. The van der Waals surface area contributed by atoms with Crippen LogP contribution < -0.4 is 10.6 Å². The number of rotatable bonds is 6. The molecule has 6 heteroatoms. The lowest BCUT2D eigenvalue weighted by Crippen LogP contribution is -2.04. The van der Waals surface area contributed by atoms with Crippen LogP contribution in [0.3, 0.4) is 0 Å². The minimum atomic E-state index is -0.624. The van der Waals surface area contributed by atoms with Gasteiger partial charge in [0, 0.05) is 24.0 Å². The third-order valence-corrected chi connectivity index (χ3v) is 4.78. The van der Waals surface area contributed by atoms with Crippen LogP contribution in [0, 0.1) is 11.6 Å². The molecule has 29 heavy (non-hydrogen) atoms. The monoisotopic (exact) mass is 414 g/mol. The molecule has 0 aliphatic rings. The average Bonchev–Trinajstić information content (AvgIpc) is 2.70. The molecule has 3 aromatic rings. The summed E-state index contributed by atoms with van der Waals surface area (Å²) in [6, 6.07) is 14.3. The van der Waals surface area contributed by atoms with E-state index < -0.39 is 11.6 Å². The summed E-state index contributed by atoms with van der Waals surface area (Å²) in [5.74, 6) is -1.15. The molecule has 0 atom stereocenters. The number of aromatic hydroxyl groups is 1. The molecule has 0 saturated heterocycles. The summed E-state index contributed by atoms with van der Waals surface area (Å²) < 4.78 is 28.4. The van der Waals surface area contributed by atoms with E-state index in [1.54, 1.807) is 37.4 Å². The fourth-order valence-electron chi connectivity index (χ4n) is 3.05. The average molecular weight is 415 g/mol. The second-order valence-electron chi connectivity index (χ2n) is 6.42. The van der Waals surface area contributed by atoms with E-state index in [-0.39, 0.29) is 11.3 Å². The summed E-state index contributed by atoms with van der Waals surface area (Å²) in [5, 5.41) is 16.5. The Morgan fingerprint density at radius 2 is 1.72 bits per heavy atom. The topological polar surface area (TPSA) is 44.3 Å². The first-order valence-electron chi connectivity index (χ1n) is 9.16. The van der Waals surface area contributed by atoms with Crippen LogP contribution in [0.5, 0.6) is 5.75 Å². The maximum atomic E-state index is 14.2. The van der Waals surface area contributed by atoms with Gasteiger partial charge in [-0.15, -0.1) is 0 Å². The molecule has 3 aromatic carbocycles. The van der Waals surface area contributed by atoms with Crippen LogP contribution in [0.4, 0.5) is 20.2 Å². The minimum Gasteiger partial charge on any atom is -0.506 e. The van der Waals surface area contributed by atoms with Crippen LogP contribution >= 0.6 is 11.6 Å². The lowest BCUT2D eigenvalue weighted by molar-refractivity contribution is 0.478. The molecule has 0 aromatic heterocycles. The Labute approximate surface area is 173 Å². The highest BCUT2D eigenvalue weighted by molar-refractivity contribution is 6.33. The molecule has 150 valence electrons. The van der Waals surface area contributed by atoms with Crippen molar-refractivity contribution in [1.29, 1.82) is 0 Å². The second-order valence-corrected chi connectivity index (χ2v) is 6.83. The molecule has 0 aliphatic heterocycles. The number of anilines is 2. The normalized spacial score (nSPS) is 11.4. The van der Waals surface area contributed by atoms with Crippen molar-refractivity contribution >= 4 is 28.7 Å². The highest BCUT2D eigenvalue weighted by Crippen LogP contribution is 2.37. The molecular weight excluding hydrogens is 394 g/mol. The van der Waals surface area contributed by atoms with Crippen molar-refractivity contribution in [2.75, 3.05) is 17.7 Å². The van der Waals surface area contributed by atoms with E-state index in [9.17, 15) is 13.9 Å². The third kappa shape index (κ3) is 4.51. The second kappa shape index (κ2) is 8.97. The number of benzene rings is 3. The summed E-state index contributed by atoms with van der Waals surface area (Å²) >= 11 is 6.34. The number of hydrogen-bond acceptors (Lipinski definition) is 3. The molecule has 0 amide bonds. The van der Waals surface area contributed by atoms with Crippen molar-refractivity contribution in [3.63, 3.8) is 0 Å². The van der Waals surface area contributed by atoms with E-state index in [1.165, 1.54) is 18.2 Å². The van der Waals surface area contributed by atoms with Gasteiger partial charge >= 0.3 is 0 Å². The van der Waals surface area contributed by atoms with Gasteiger partial charge in [0.25, 0.3) is 0 Å². The van der Waals surface area contributed by atoms with Crippen molar-refractivity contribution in [3.05, 3.63) is 82.9 Å². The highest BCUT2D eigenvalue weighted by Gasteiger charge is 2.14. The van der Waals surface area contributed by atoms with Gasteiger partial charge < -0.3 is 15.7 Å². The van der Waals surface area contributed by atoms with Crippen molar-refractivity contribution in [2.45, 2.75) is 13.3 Å². The standard InChI is InChI=1S/C23H21ClF2N2O/c1-3-5-20(23-18(25)6-4-7-19(23)26)28-15-10-8-14(9-11-15)16-12-22(29)21(27-2)13-17(16)24/h4-13,27-29H,3H2,1-2H3/b20-5-. The van der Waals surface area contributed by atoms with Gasteiger partial charge in [-0.1, -0.05) is 42.8 Å². The van der Waals surface area contributed by atoms with Gasteiger partial charge in [-0.05, 0) is 48.4 Å². The highest BCUT2D eigenvalue weighted by atomic mass is 35.5. The van der Waals surface area contributed by atoms with Crippen LogP contribution in [0.1, 0.15) is 18.9 Å². The van der Waals surface area contributed by atoms with E-state index in [4.69, 9.17) is 11.6 Å². The van der Waals surface area contributed by atoms with E-state index in [1.807, 2.05) is 19.1 Å². The molecule has 0 radical (unpaired) electrons. The molecule has 3 N–H and O–H groups in total. The SMILES string of the molecule is CC/C=C(\Nc1ccc(-c2cc(O)c(NC)cc2Cl)cc1)c1c(F)cccc1F. The maximum Gasteiger partial charge on any atom is 0.139 e. The van der Waals surface area contributed by atoms with Crippen LogP contribution in [-0.2, 0) is 0 Å². The van der Waals surface area contributed by atoms with E-state index in [0.29, 0.717) is 34.1 Å². The third-order valence-electron chi connectivity index (χ3n) is 4.47. The lowest BCUT2D eigenvalue weighted by Gasteiger charge is -2.14. The Hall–Kier alpha value is -3.05. The molecule has 0 fully saturated rings. The van der Waals surface area contributed by atoms with Gasteiger partial charge in [0.05, 0.1) is 16.3 Å². The first-order valence-corrected chi connectivity index (χ1v) is 9.54. The van der Waals surface area contributed by atoms with Gasteiger partial charge in [-0.3, -0.25) is 0 Å². The zero-order valence-electron chi connectivity index (χ0n) is 16.1. The van der Waals surface area contributed by atoms with Crippen LogP contribution in [0.25, 0.3) is 16.8 Å². The molecule has 0 aliphatic carbocycles. The van der Waals surface area contributed by atoms with E-state index >= 15 is 0 Å². The quantitative estimate of drug-likeness (QED) is 0.384. The molecule has 0 unspecified atom stereocenters. The van der Waals surface area contributed by atoms with Gasteiger partial charge in [0.2, 0.25) is 0 Å². The zero-order valence-corrected chi connectivity index (χ0v) is 16.8. The van der Waals surface area contributed by atoms with E-state index in [0.717, 1.165) is 5.56 Å². The zero-order chi connectivity index (χ0) is 21.0. The number of nitrogens with one attached hydrogen (secondary N) is 2. The summed E-state index contributed by atoms with van der Waals surface area (Å²) in [6.45, 7) is 1.90. The molecule has 3 nitrogen and oxygen atoms in total. The van der Waals surface area contributed by atoms with Gasteiger partial charge in [-0.25, -0.2) is 8.78 Å². The van der Waals surface area contributed by atoms with Crippen LogP contribution in [-0.4, -0.2) is 12.2 Å². The number of phenols is 1. The number of halogens is 3. The fourth-order valence-corrected chi connectivity index (χ4v) is 3.32. The summed E-state index contributed by atoms with van der Waals surface area (Å²) in [5.41, 5.74) is 2.97. The molecule has 3 rings (SSSR count). The molecular formula is C23H21ClF2N2O. The molecule has 0 saturated carbocycles. The molecule has 0 bridgehead atoms. The van der Waals surface area contributed by atoms with Crippen molar-refractivity contribution in [1.82, 2.24) is 0 Å². The molecule has 0 heterocycles. The largest absolute Gasteiger partial charge is 0.506 e. The van der Waals surface area contributed by atoms with E-state index in [2.05, 4.69) is 10.6 Å². The smallest absolute Gasteiger partial charge is 0.139 e. The summed E-state index contributed by atoms with van der Waals surface area (Å²) in [6.07, 6.45) is 2.35. The first kappa shape index (κ1) is 20.7. The van der Waals surface area contributed by atoms with Crippen molar-refractivity contribution < 1.29 is 13.9 Å². The Morgan fingerprint density at radius 3 is 2.31 bits per heavy atom. The van der Waals surface area contributed by atoms with Gasteiger partial charge in [0.1, 0.15) is 17.4 Å². The maximum absolute atomic E-state index is 14.2. The molecule has 0 spiro atoms. The van der Waals surface area contributed by atoms with Gasteiger partial charge in [-0.2, -0.15) is 0 Å².